The molecule has 3 nitrogen and oxygen atoms in total. The lowest BCUT2D eigenvalue weighted by Gasteiger charge is -2.16. The van der Waals surface area contributed by atoms with Crippen molar-refractivity contribution in [2.75, 3.05) is 4.90 Å². The number of halogens is 2. The zero-order valence-corrected chi connectivity index (χ0v) is 16.4. The number of nitrogens with zero attached hydrogens (tertiary/aromatic N) is 1. The molecule has 0 saturated carbocycles. The summed E-state index contributed by atoms with van der Waals surface area (Å²) in [6.45, 7) is 1.99. The van der Waals surface area contributed by atoms with Gasteiger partial charge in [0.1, 0.15) is 6.26 Å². The molecule has 4 rings (SSSR count). The van der Waals surface area contributed by atoms with Gasteiger partial charge in [-0.05, 0) is 57.4 Å². The molecule has 0 N–H and O–H groups in total. The molecule has 0 fully saturated rings. The first kappa shape index (κ1) is 16.4. The lowest BCUT2D eigenvalue weighted by molar-refractivity contribution is 0.555. The van der Waals surface area contributed by atoms with Gasteiger partial charge in [-0.25, -0.2) is 0 Å². The van der Waals surface area contributed by atoms with Crippen molar-refractivity contribution in [2.45, 2.75) is 6.92 Å². The van der Waals surface area contributed by atoms with Gasteiger partial charge in [-0.15, -0.1) is 0 Å². The Labute approximate surface area is 161 Å². The van der Waals surface area contributed by atoms with Crippen LogP contribution in [0.25, 0.3) is 21.7 Å². The van der Waals surface area contributed by atoms with Gasteiger partial charge < -0.3 is 4.42 Å². The normalized spacial score (nSPS) is 11.2. The van der Waals surface area contributed by atoms with E-state index < -0.39 is 0 Å². The van der Waals surface area contributed by atoms with Crippen molar-refractivity contribution in [3.8, 4) is 0 Å². The molecule has 1 amide bonds. The van der Waals surface area contributed by atoms with Gasteiger partial charge in [0.2, 0.25) is 0 Å². The first-order valence-electron chi connectivity index (χ1n) is 7.62. The molecule has 25 heavy (non-hydrogen) atoms. The zero-order chi connectivity index (χ0) is 17.6. The number of carbonyl (C=O) groups excluding carboxylic acids is 1. The largest absolute Gasteiger partial charge is 0.461 e. The molecular formula is C20H12Br2NO2. The highest BCUT2D eigenvalue weighted by atomic mass is 79.9. The molecule has 0 aliphatic carbocycles. The van der Waals surface area contributed by atoms with E-state index in [1.807, 2.05) is 61.9 Å². The highest BCUT2D eigenvalue weighted by molar-refractivity contribution is 9.11. The van der Waals surface area contributed by atoms with Crippen LogP contribution in [0.15, 0.2) is 68.2 Å². The van der Waals surface area contributed by atoms with Gasteiger partial charge in [0, 0.05) is 9.86 Å². The topological polar surface area (TPSA) is 33.5 Å². The minimum Gasteiger partial charge on any atom is -0.461 e. The minimum absolute atomic E-state index is 0.654. The molecule has 0 spiro atoms. The molecule has 1 radical (unpaired) electrons. The van der Waals surface area contributed by atoms with Crippen LogP contribution in [0.4, 0.5) is 11.4 Å². The quantitative estimate of drug-likeness (QED) is 0.323. The summed E-state index contributed by atoms with van der Waals surface area (Å²) in [6.07, 6.45) is 3.61. The van der Waals surface area contributed by atoms with Crippen LogP contribution in [0.1, 0.15) is 5.56 Å². The summed E-state index contributed by atoms with van der Waals surface area (Å²) >= 11 is 7.12. The molecule has 123 valence electrons. The van der Waals surface area contributed by atoms with Crippen LogP contribution in [0.3, 0.4) is 0 Å². The Morgan fingerprint density at radius 1 is 1.04 bits per heavy atom. The van der Waals surface area contributed by atoms with Crippen LogP contribution in [-0.2, 0) is 4.79 Å². The SMILES string of the molecule is Cc1c(Br)cc2c(N([C]=O)c3ccc4ccccc4c3)coc2c1Br. The number of hydrogen-bond acceptors (Lipinski definition) is 2. The summed E-state index contributed by atoms with van der Waals surface area (Å²) in [6, 6.07) is 15.9. The minimum atomic E-state index is 0.654. The number of benzene rings is 3. The summed E-state index contributed by atoms with van der Waals surface area (Å²) < 4.78 is 7.53. The summed E-state index contributed by atoms with van der Waals surface area (Å²) in [4.78, 5) is 13.2. The van der Waals surface area contributed by atoms with E-state index in [0.717, 1.165) is 36.4 Å². The molecule has 0 aliphatic rings. The zero-order valence-electron chi connectivity index (χ0n) is 13.2. The lowest BCUT2D eigenvalue weighted by Crippen LogP contribution is -2.13. The maximum absolute atomic E-state index is 11.8. The Bertz CT molecular complexity index is 1120. The number of hydrogen-bond donors (Lipinski definition) is 0. The molecular weight excluding hydrogens is 446 g/mol. The van der Waals surface area contributed by atoms with Crippen molar-refractivity contribution >= 4 is 71.4 Å². The fourth-order valence-electron chi connectivity index (χ4n) is 2.91. The molecule has 4 aromatic rings. The number of fused-ring (bicyclic) bond motifs is 2. The first-order valence-corrected chi connectivity index (χ1v) is 9.21. The number of furan rings is 1. The van der Waals surface area contributed by atoms with Crippen molar-refractivity contribution in [1.29, 1.82) is 0 Å². The van der Waals surface area contributed by atoms with Crippen LogP contribution in [0.2, 0.25) is 0 Å². The monoisotopic (exact) mass is 456 g/mol. The summed E-state index contributed by atoms with van der Waals surface area (Å²) in [5.41, 5.74) is 3.14. The molecule has 0 unspecified atom stereocenters. The van der Waals surface area contributed by atoms with E-state index >= 15 is 0 Å². The van der Waals surface area contributed by atoms with Crippen molar-refractivity contribution in [1.82, 2.24) is 0 Å². The Morgan fingerprint density at radius 3 is 2.56 bits per heavy atom. The predicted molar refractivity (Wildman–Crippen MR) is 108 cm³/mol. The van der Waals surface area contributed by atoms with Gasteiger partial charge in [0.15, 0.2) is 5.58 Å². The second kappa shape index (κ2) is 6.32. The number of rotatable bonds is 3. The third kappa shape index (κ3) is 2.68. The van der Waals surface area contributed by atoms with Crippen molar-refractivity contribution in [3.05, 3.63) is 69.3 Å². The number of anilines is 2. The Hall–Kier alpha value is -2.11. The lowest BCUT2D eigenvalue weighted by atomic mass is 10.1. The Kier molecular flexibility index (Phi) is 4.13. The number of amides is 1. The van der Waals surface area contributed by atoms with E-state index in [0.29, 0.717) is 11.3 Å². The molecule has 5 heteroatoms. The molecule has 0 aliphatic heterocycles. The van der Waals surface area contributed by atoms with Crippen LogP contribution >= 0.6 is 31.9 Å². The van der Waals surface area contributed by atoms with E-state index in [2.05, 4.69) is 31.9 Å². The smallest absolute Gasteiger partial charge is 0.321 e. The van der Waals surface area contributed by atoms with Crippen LogP contribution in [0, 0.1) is 6.92 Å². The first-order chi connectivity index (χ1) is 12.1. The van der Waals surface area contributed by atoms with Crippen LogP contribution in [0.5, 0.6) is 0 Å². The van der Waals surface area contributed by atoms with Gasteiger partial charge >= 0.3 is 6.41 Å². The Morgan fingerprint density at radius 2 is 1.80 bits per heavy atom. The van der Waals surface area contributed by atoms with E-state index in [1.54, 1.807) is 6.26 Å². The average molecular weight is 458 g/mol. The molecule has 3 aromatic carbocycles. The van der Waals surface area contributed by atoms with Gasteiger partial charge in [-0.1, -0.05) is 46.3 Å². The highest BCUT2D eigenvalue weighted by Gasteiger charge is 2.19. The van der Waals surface area contributed by atoms with E-state index in [9.17, 15) is 4.79 Å². The molecule has 0 atom stereocenters. The van der Waals surface area contributed by atoms with E-state index in [1.165, 1.54) is 4.90 Å². The molecule has 0 bridgehead atoms. The van der Waals surface area contributed by atoms with Gasteiger partial charge in [-0.2, -0.15) is 0 Å². The van der Waals surface area contributed by atoms with Crippen molar-refractivity contribution in [3.63, 3.8) is 0 Å². The van der Waals surface area contributed by atoms with Crippen molar-refractivity contribution in [2.24, 2.45) is 0 Å². The Balaban J connectivity index is 1.91. The maximum Gasteiger partial charge on any atom is 0.321 e. The fraction of sp³-hybridized carbons (Fsp3) is 0.0500. The summed E-state index contributed by atoms with van der Waals surface area (Å²) in [5.74, 6) is 0. The van der Waals surface area contributed by atoms with Gasteiger partial charge in [0.05, 0.1) is 15.8 Å². The second-order valence-electron chi connectivity index (χ2n) is 5.75. The predicted octanol–water partition coefficient (Wildman–Crippen LogP) is 6.62. The second-order valence-corrected chi connectivity index (χ2v) is 7.40. The molecule has 1 aromatic heterocycles. The van der Waals surface area contributed by atoms with Gasteiger partial charge in [-0.3, -0.25) is 9.69 Å². The maximum atomic E-state index is 11.8. The van der Waals surface area contributed by atoms with Gasteiger partial charge in [0.25, 0.3) is 0 Å². The molecule has 0 saturated heterocycles. The van der Waals surface area contributed by atoms with Crippen molar-refractivity contribution < 1.29 is 9.21 Å². The highest BCUT2D eigenvalue weighted by Crippen LogP contribution is 2.40. The van der Waals surface area contributed by atoms with E-state index in [-0.39, 0.29) is 0 Å². The third-order valence-electron chi connectivity index (χ3n) is 4.29. The van der Waals surface area contributed by atoms with Crippen LogP contribution < -0.4 is 4.90 Å². The van der Waals surface area contributed by atoms with Crippen LogP contribution in [-0.4, -0.2) is 6.41 Å². The van der Waals surface area contributed by atoms with E-state index in [4.69, 9.17) is 4.42 Å². The third-order valence-corrected chi connectivity index (χ3v) is 6.07. The average Bonchev–Trinajstić information content (AvgIpc) is 3.04. The standard InChI is InChI=1S/C20H12Br2NO2/c1-12-17(21)9-16-18(10-25-20(16)19(12)22)23(11-24)15-7-6-13-4-2-3-5-14(13)8-15/h2-10H,1H3. The summed E-state index contributed by atoms with van der Waals surface area (Å²) in [5, 5.41) is 3.02. The summed E-state index contributed by atoms with van der Waals surface area (Å²) in [7, 11) is 0. The molecule has 1 heterocycles. The fourth-order valence-corrected chi connectivity index (χ4v) is 4.12.